The molecule has 0 atom stereocenters. The van der Waals surface area contributed by atoms with Crippen LogP contribution in [-0.4, -0.2) is 41.6 Å². The second-order valence-corrected chi connectivity index (χ2v) is 9.43. The van der Waals surface area contributed by atoms with Gasteiger partial charge in [0.25, 0.3) is 0 Å². The molecule has 3 rings (SSSR count). The maximum atomic E-state index is 12.6. The lowest BCUT2D eigenvalue weighted by atomic mass is 10.0. The van der Waals surface area contributed by atoms with Crippen molar-refractivity contribution in [2.24, 2.45) is 0 Å². The fourth-order valence-corrected chi connectivity index (χ4v) is 5.41. The summed E-state index contributed by atoms with van der Waals surface area (Å²) >= 11 is 8.80. The predicted octanol–water partition coefficient (Wildman–Crippen LogP) is 4.60. The molecular weight excluding hydrogens is 444 g/mol. The highest BCUT2D eigenvalue weighted by Gasteiger charge is 2.30. The number of nitrogens with one attached hydrogen (secondary N) is 1. The van der Waals surface area contributed by atoms with Crippen LogP contribution in [0.2, 0.25) is 5.02 Å². The Morgan fingerprint density at radius 2 is 2.00 bits per heavy atom. The van der Waals surface area contributed by atoms with Crippen LogP contribution < -0.4 is 5.32 Å². The SMILES string of the molecule is CCOC(=O)c1c(NC(=O)CCSc2ccc(Cl)cc2)sc2c1CCN(C(C)=O)C2. The summed E-state index contributed by atoms with van der Waals surface area (Å²) in [5.74, 6) is 0.00323. The second kappa shape index (κ2) is 10.3. The van der Waals surface area contributed by atoms with E-state index < -0.39 is 5.97 Å². The van der Waals surface area contributed by atoms with Crippen molar-refractivity contribution in [2.75, 3.05) is 24.2 Å². The summed E-state index contributed by atoms with van der Waals surface area (Å²) < 4.78 is 5.22. The topological polar surface area (TPSA) is 75.7 Å². The highest BCUT2D eigenvalue weighted by atomic mass is 35.5. The number of hydrogen-bond donors (Lipinski definition) is 1. The smallest absolute Gasteiger partial charge is 0.341 e. The maximum absolute atomic E-state index is 12.6. The number of anilines is 1. The Hall–Kier alpha value is -2.03. The first-order chi connectivity index (χ1) is 14.4. The van der Waals surface area contributed by atoms with E-state index in [2.05, 4.69) is 5.32 Å². The summed E-state index contributed by atoms with van der Waals surface area (Å²) in [4.78, 5) is 40.5. The quantitative estimate of drug-likeness (QED) is 0.476. The van der Waals surface area contributed by atoms with E-state index in [0.29, 0.717) is 47.3 Å². The van der Waals surface area contributed by atoms with Gasteiger partial charge in [-0.25, -0.2) is 4.79 Å². The van der Waals surface area contributed by atoms with Crippen molar-refractivity contribution in [3.63, 3.8) is 0 Å². The largest absolute Gasteiger partial charge is 0.462 e. The standard InChI is InChI=1S/C21H23ClN2O4S2/c1-3-28-21(27)19-16-8-10-24(13(2)25)12-17(16)30-20(19)23-18(26)9-11-29-15-6-4-14(22)5-7-15/h4-7H,3,8-12H2,1-2H3,(H,23,26). The minimum atomic E-state index is -0.433. The molecule has 0 bridgehead atoms. The van der Waals surface area contributed by atoms with Crippen molar-refractivity contribution in [3.05, 3.63) is 45.3 Å². The zero-order chi connectivity index (χ0) is 21.7. The number of rotatable bonds is 7. The van der Waals surface area contributed by atoms with Crippen LogP contribution in [0.3, 0.4) is 0 Å². The molecule has 0 unspecified atom stereocenters. The van der Waals surface area contributed by atoms with Gasteiger partial charge in [0.05, 0.1) is 18.7 Å². The van der Waals surface area contributed by atoms with E-state index in [1.807, 2.05) is 24.3 Å². The molecule has 1 aromatic carbocycles. The summed E-state index contributed by atoms with van der Waals surface area (Å²) in [6.07, 6.45) is 0.875. The van der Waals surface area contributed by atoms with E-state index in [0.717, 1.165) is 15.3 Å². The molecule has 0 radical (unpaired) electrons. The number of halogens is 1. The molecule has 1 aliphatic rings. The van der Waals surface area contributed by atoms with Gasteiger partial charge in [0.2, 0.25) is 11.8 Å². The third-order valence-electron chi connectivity index (χ3n) is 4.65. The van der Waals surface area contributed by atoms with E-state index in [4.69, 9.17) is 16.3 Å². The van der Waals surface area contributed by atoms with Crippen LogP contribution in [0.15, 0.2) is 29.2 Å². The Kier molecular flexibility index (Phi) is 7.80. The van der Waals surface area contributed by atoms with E-state index in [1.54, 1.807) is 23.6 Å². The molecule has 160 valence electrons. The Bertz CT molecular complexity index is 943. The van der Waals surface area contributed by atoms with Crippen molar-refractivity contribution in [2.45, 2.75) is 38.1 Å². The number of thioether (sulfide) groups is 1. The molecular formula is C21H23ClN2O4S2. The van der Waals surface area contributed by atoms with Gasteiger partial charge >= 0.3 is 5.97 Å². The number of esters is 1. The first-order valence-electron chi connectivity index (χ1n) is 9.64. The van der Waals surface area contributed by atoms with E-state index in [9.17, 15) is 14.4 Å². The number of hydrogen-bond acceptors (Lipinski definition) is 6. The van der Waals surface area contributed by atoms with Gasteiger partial charge in [-0.3, -0.25) is 9.59 Å². The molecule has 0 saturated carbocycles. The van der Waals surface area contributed by atoms with Crippen molar-refractivity contribution in [1.29, 1.82) is 0 Å². The molecule has 6 nitrogen and oxygen atoms in total. The number of nitrogens with zero attached hydrogens (tertiary/aromatic N) is 1. The van der Waals surface area contributed by atoms with Gasteiger partial charge in [0, 0.05) is 40.4 Å². The Labute approximate surface area is 188 Å². The summed E-state index contributed by atoms with van der Waals surface area (Å²) in [6.45, 7) is 4.54. The molecule has 0 fully saturated rings. The molecule has 30 heavy (non-hydrogen) atoms. The van der Waals surface area contributed by atoms with E-state index >= 15 is 0 Å². The number of carbonyl (C=O) groups is 3. The number of benzene rings is 1. The third-order valence-corrected chi connectivity index (χ3v) is 7.04. The average Bonchev–Trinajstić information content (AvgIpc) is 3.06. The summed E-state index contributed by atoms with van der Waals surface area (Å²) in [7, 11) is 0. The predicted molar refractivity (Wildman–Crippen MR) is 120 cm³/mol. The Morgan fingerprint density at radius 3 is 2.67 bits per heavy atom. The zero-order valence-electron chi connectivity index (χ0n) is 16.8. The van der Waals surface area contributed by atoms with Gasteiger partial charge in [-0.2, -0.15) is 0 Å². The summed E-state index contributed by atoms with van der Waals surface area (Å²) in [5.41, 5.74) is 1.31. The Balaban J connectivity index is 1.69. The fraction of sp³-hybridized carbons (Fsp3) is 0.381. The first kappa shape index (κ1) is 22.7. The van der Waals surface area contributed by atoms with Gasteiger partial charge in [0.15, 0.2) is 0 Å². The van der Waals surface area contributed by atoms with Crippen LogP contribution in [0.4, 0.5) is 5.00 Å². The van der Waals surface area contributed by atoms with Crippen LogP contribution >= 0.6 is 34.7 Å². The summed E-state index contributed by atoms with van der Waals surface area (Å²) in [6, 6.07) is 7.46. The highest BCUT2D eigenvalue weighted by molar-refractivity contribution is 7.99. The van der Waals surface area contributed by atoms with E-state index in [1.165, 1.54) is 18.3 Å². The molecule has 2 aromatic rings. The monoisotopic (exact) mass is 466 g/mol. The zero-order valence-corrected chi connectivity index (χ0v) is 19.2. The number of thiophene rings is 1. The molecule has 1 aromatic heterocycles. The van der Waals surface area contributed by atoms with Gasteiger partial charge in [-0.05, 0) is 43.2 Å². The molecule has 1 N–H and O–H groups in total. The van der Waals surface area contributed by atoms with Crippen molar-refractivity contribution in [1.82, 2.24) is 4.90 Å². The van der Waals surface area contributed by atoms with Crippen LogP contribution in [0.5, 0.6) is 0 Å². The van der Waals surface area contributed by atoms with Crippen molar-refractivity contribution >= 4 is 57.5 Å². The molecule has 2 amide bonds. The first-order valence-corrected chi connectivity index (χ1v) is 11.8. The van der Waals surface area contributed by atoms with Gasteiger partial charge in [-0.15, -0.1) is 23.1 Å². The number of fused-ring (bicyclic) bond motifs is 1. The van der Waals surface area contributed by atoms with Crippen LogP contribution in [0.1, 0.15) is 41.1 Å². The molecule has 9 heteroatoms. The Morgan fingerprint density at radius 1 is 1.27 bits per heavy atom. The average molecular weight is 467 g/mol. The lowest BCUT2D eigenvalue weighted by molar-refractivity contribution is -0.129. The van der Waals surface area contributed by atoms with Crippen LogP contribution in [0.25, 0.3) is 0 Å². The minimum absolute atomic E-state index is 0.00320. The molecule has 1 aliphatic heterocycles. The third kappa shape index (κ3) is 5.56. The second-order valence-electron chi connectivity index (χ2n) is 6.72. The minimum Gasteiger partial charge on any atom is -0.462 e. The molecule has 0 spiro atoms. The van der Waals surface area contributed by atoms with Gasteiger partial charge < -0.3 is 15.0 Å². The van der Waals surface area contributed by atoms with Gasteiger partial charge in [0.1, 0.15) is 5.00 Å². The lowest BCUT2D eigenvalue weighted by Gasteiger charge is -2.25. The van der Waals surface area contributed by atoms with Crippen molar-refractivity contribution in [3.8, 4) is 0 Å². The number of carbonyl (C=O) groups excluding carboxylic acids is 3. The number of amides is 2. The molecule has 0 aliphatic carbocycles. The summed E-state index contributed by atoms with van der Waals surface area (Å²) in [5, 5.41) is 4.07. The van der Waals surface area contributed by atoms with E-state index in [-0.39, 0.29) is 18.4 Å². The van der Waals surface area contributed by atoms with Crippen LogP contribution in [-0.2, 0) is 27.3 Å². The fourth-order valence-electron chi connectivity index (χ4n) is 3.16. The van der Waals surface area contributed by atoms with Gasteiger partial charge in [-0.1, -0.05) is 11.6 Å². The maximum Gasteiger partial charge on any atom is 0.341 e. The van der Waals surface area contributed by atoms with Crippen molar-refractivity contribution < 1.29 is 19.1 Å². The normalized spacial score (nSPS) is 13.0. The molecule has 0 saturated heterocycles. The number of ether oxygens (including phenoxy) is 1. The lowest BCUT2D eigenvalue weighted by Crippen LogP contribution is -2.34. The van der Waals surface area contributed by atoms with Crippen LogP contribution in [0, 0.1) is 0 Å². The molecule has 2 heterocycles. The highest BCUT2D eigenvalue weighted by Crippen LogP contribution is 2.38.